The summed E-state index contributed by atoms with van der Waals surface area (Å²) in [4.78, 5) is 10.7. The van der Waals surface area contributed by atoms with Crippen LogP contribution in [0, 0.1) is 5.82 Å². The van der Waals surface area contributed by atoms with Gasteiger partial charge in [0.15, 0.2) is 0 Å². The summed E-state index contributed by atoms with van der Waals surface area (Å²) in [5.41, 5.74) is 0.837. The molecule has 0 saturated heterocycles. The van der Waals surface area contributed by atoms with Crippen molar-refractivity contribution in [2.75, 3.05) is 5.32 Å². The summed E-state index contributed by atoms with van der Waals surface area (Å²) in [6.45, 7) is 0.286. The molecule has 0 spiro atoms. The molecule has 0 aliphatic rings. The Labute approximate surface area is 138 Å². The van der Waals surface area contributed by atoms with Crippen LogP contribution in [0.4, 0.5) is 10.1 Å². The van der Waals surface area contributed by atoms with Crippen LogP contribution in [-0.4, -0.2) is 11.1 Å². The van der Waals surface area contributed by atoms with E-state index >= 15 is 0 Å². The zero-order valence-corrected chi connectivity index (χ0v) is 13.6. The molecule has 0 saturated carbocycles. The average molecular weight is 393 g/mol. The van der Waals surface area contributed by atoms with Crippen LogP contribution in [0.2, 0.25) is 10.0 Å². The molecule has 7 heteroatoms. The quantitative estimate of drug-likeness (QED) is 0.702. The maximum absolute atomic E-state index is 13.6. The first-order valence-electron chi connectivity index (χ1n) is 5.79. The Balaban J connectivity index is 2.15. The van der Waals surface area contributed by atoms with Gasteiger partial charge in [0, 0.05) is 11.0 Å². The van der Waals surface area contributed by atoms with E-state index in [-0.39, 0.29) is 12.1 Å². The highest BCUT2D eigenvalue weighted by atomic mass is 79.9. The summed E-state index contributed by atoms with van der Waals surface area (Å²) >= 11 is 15.3. The van der Waals surface area contributed by atoms with Gasteiger partial charge in [-0.3, -0.25) is 0 Å². The Morgan fingerprint density at radius 2 is 1.95 bits per heavy atom. The summed E-state index contributed by atoms with van der Waals surface area (Å²) in [6, 6.07) is 7.41. The molecule has 0 aromatic heterocycles. The number of hydrogen-bond donors (Lipinski definition) is 2. The molecule has 2 aromatic rings. The highest BCUT2D eigenvalue weighted by molar-refractivity contribution is 9.10. The Morgan fingerprint density at radius 1 is 1.24 bits per heavy atom. The van der Waals surface area contributed by atoms with Crippen molar-refractivity contribution in [1.82, 2.24) is 0 Å². The average Bonchev–Trinajstić information content (AvgIpc) is 2.44. The summed E-state index contributed by atoms with van der Waals surface area (Å²) in [6.07, 6.45) is 0. The van der Waals surface area contributed by atoms with Gasteiger partial charge in [-0.2, -0.15) is 0 Å². The van der Waals surface area contributed by atoms with E-state index in [1.165, 1.54) is 18.2 Å². The molecule has 21 heavy (non-hydrogen) atoms. The molecular weight excluding hydrogens is 384 g/mol. The van der Waals surface area contributed by atoms with E-state index in [2.05, 4.69) is 21.2 Å². The fraction of sp³-hybridized carbons (Fsp3) is 0.0714. The first-order chi connectivity index (χ1) is 9.90. The van der Waals surface area contributed by atoms with Crippen molar-refractivity contribution >= 4 is 50.8 Å². The number of halogens is 4. The summed E-state index contributed by atoms with van der Waals surface area (Å²) < 4.78 is 14.2. The largest absolute Gasteiger partial charge is 0.478 e. The molecule has 110 valence electrons. The second kappa shape index (κ2) is 6.64. The lowest BCUT2D eigenvalue weighted by Gasteiger charge is -2.11. The van der Waals surface area contributed by atoms with Gasteiger partial charge in [0.05, 0.1) is 21.3 Å². The number of rotatable bonds is 4. The van der Waals surface area contributed by atoms with Crippen LogP contribution in [0.1, 0.15) is 15.9 Å². The molecule has 0 radical (unpaired) electrons. The number of carboxylic acid groups (broad SMARTS) is 1. The van der Waals surface area contributed by atoms with Crippen LogP contribution in [-0.2, 0) is 6.54 Å². The third-order valence-corrected chi connectivity index (χ3v) is 4.55. The Kier molecular flexibility index (Phi) is 5.08. The number of carbonyl (C=O) groups is 1. The van der Waals surface area contributed by atoms with Gasteiger partial charge in [0.25, 0.3) is 0 Å². The highest BCUT2D eigenvalue weighted by Gasteiger charge is 2.11. The topological polar surface area (TPSA) is 49.3 Å². The third-order valence-electron chi connectivity index (χ3n) is 2.78. The Hall–Kier alpha value is -1.30. The second-order valence-corrected chi connectivity index (χ2v) is 5.81. The molecule has 2 N–H and O–H groups in total. The lowest BCUT2D eigenvalue weighted by molar-refractivity contribution is 0.0692. The van der Waals surface area contributed by atoms with E-state index in [0.29, 0.717) is 25.8 Å². The van der Waals surface area contributed by atoms with E-state index in [1.807, 2.05) is 0 Å². The number of aromatic carboxylic acids is 1. The van der Waals surface area contributed by atoms with E-state index in [1.54, 1.807) is 12.1 Å². The number of anilines is 1. The first kappa shape index (κ1) is 16.1. The molecule has 3 nitrogen and oxygen atoms in total. The Bertz CT molecular complexity index is 710. The summed E-state index contributed by atoms with van der Waals surface area (Å²) in [5.74, 6) is -2.07. The zero-order valence-electron chi connectivity index (χ0n) is 10.5. The predicted octanol–water partition coefficient (Wildman–Crippen LogP) is 5.21. The van der Waals surface area contributed by atoms with E-state index < -0.39 is 11.8 Å². The molecule has 0 heterocycles. The van der Waals surface area contributed by atoms with Gasteiger partial charge in [0.1, 0.15) is 5.82 Å². The molecule has 0 aliphatic heterocycles. The number of benzene rings is 2. The molecule has 0 fully saturated rings. The molecule has 0 amide bonds. The van der Waals surface area contributed by atoms with Crippen molar-refractivity contribution in [3.8, 4) is 0 Å². The second-order valence-electron chi connectivity index (χ2n) is 4.20. The van der Waals surface area contributed by atoms with Crippen LogP contribution in [0.5, 0.6) is 0 Å². The first-order valence-corrected chi connectivity index (χ1v) is 7.34. The van der Waals surface area contributed by atoms with Crippen LogP contribution in [0.25, 0.3) is 0 Å². The molecule has 0 bridgehead atoms. The summed E-state index contributed by atoms with van der Waals surface area (Å²) in [5, 5.41) is 12.5. The monoisotopic (exact) mass is 391 g/mol. The van der Waals surface area contributed by atoms with Crippen LogP contribution < -0.4 is 5.32 Å². The van der Waals surface area contributed by atoms with Crippen molar-refractivity contribution in [1.29, 1.82) is 0 Å². The normalized spacial score (nSPS) is 10.5. The van der Waals surface area contributed by atoms with Crippen molar-refractivity contribution < 1.29 is 14.3 Å². The van der Waals surface area contributed by atoms with Gasteiger partial charge in [-0.25, -0.2) is 9.18 Å². The molecule has 0 unspecified atom stereocenters. The maximum Gasteiger partial charge on any atom is 0.338 e. The zero-order chi connectivity index (χ0) is 15.6. The van der Waals surface area contributed by atoms with Gasteiger partial charge in [-0.05, 0) is 45.8 Å². The minimum atomic E-state index is -1.30. The highest BCUT2D eigenvalue weighted by Crippen LogP contribution is 2.36. The van der Waals surface area contributed by atoms with Gasteiger partial charge < -0.3 is 10.4 Å². The van der Waals surface area contributed by atoms with E-state index in [9.17, 15) is 9.18 Å². The molecule has 0 aliphatic carbocycles. The van der Waals surface area contributed by atoms with Gasteiger partial charge in [-0.1, -0.05) is 29.3 Å². The lowest BCUT2D eigenvalue weighted by atomic mass is 10.1. The lowest BCUT2D eigenvalue weighted by Crippen LogP contribution is -2.04. The third kappa shape index (κ3) is 3.67. The Morgan fingerprint density at radius 3 is 2.57 bits per heavy atom. The SMILES string of the molecule is O=C(O)c1ccc(CNc2ccc(Br)c(Cl)c2Cl)cc1F. The van der Waals surface area contributed by atoms with Gasteiger partial charge >= 0.3 is 5.97 Å². The number of hydrogen-bond acceptors (Lipinski definition) is 2. The fourth-order valence-corrected chi connectivity index (χ4v) is 2.54. The van der Waals surface area contributed by atoms with Gasteiger partial charge in [-0.15, -0.1) is 0 Å². The molecular formula is C14H9BrCl2FNO2. The van der Waals surface area contributed by atoms with Crippen LogP contribution >= 0.6 is 39.1 Å². The van der Waals surface area contributed by atoms with Crippen LogP contribution in [0.3, 0.4) is 0 Å². The standard InChI is InChI=1S/C14H9BrCl2FNO2/c15-9-3-4-11(13(17)12(9)16)19-6-7-1-2-8(14(20)21)10(18)5-7/h1-5,19H,6H2,(H,20,21). The summed E-state index contributed by atoms with van der Waals surface area (Å²) in [7, 11) is 0. The van der Waals surface area contributed by atoms with Gasteiger partial charge in [0.2, 0.25) is 0 Å². The number of nitrogens with one attached hydrogen (secondary N) is 1. The molecule has 2 rings (SSSR count). The maximum atomic E-state index is 13.6. The number of carboxylic acids is 1. The van der Waals surface area contributed by atoms with E-state index in [0.717, 1.165) is 0 Å². The fourth-order valence-electron chi connectivity index (χ4n) is 1.70. The van der Waals surface area contributed by atoms with Crippen LogP contribution in [0.15, 0.2) is 34.8 Å². The van der Waals surface area contributed by atoms with Crippen molar-refractivity contribution in [2.45, 2.75) is 6.54 Å². The van der Waals surface area contributed by atoms with Crippen molar-refractivity contribution in [2.24, 2.45) is 0 Å². The van der Waals surface area contributed by atoms with E-state index in [4.69, 9.17) is 28.3 Å². The minimum absolute atomic E-state index is 0.286. The molecule has 2 aromatic carbocycles. The van der Waals surface area contributed by atoms with Crippen molar-refractivity contribution in [3.63, 3.8) is 0 Å². The minimum Gasteiger partial charge on any atom is -0.478 e. The predicted molar refractivity (Wildman–Crippen MR) is 84.8 cm³/mol. The smallest absolute Gasteiger partial charge is 0.338 e. The molecule has 0 atom stereocenters. The van der Waals surface area contributed by atoms with Crippen molar-refractivity contribution in [3.05, 3.63) is 61.8 Å².